The molecule has 6 rings (SSSR count). The van der Waals surface area contributed by atoms with Gasteiger partial charge in [0.1, 0.15) is 11.3 Å². The van der Waals surface area contributed by atoms with Crippen LogP contribution >= 0.6 is 0 Å². The second-order valence-electron chi connectivity index (χ2n) is 10.2. The van der Waals surface area contributed by atoms with Crippen molar-refractivity contribution >= 4 is 46.2 Å². The number of aromatic nitrogens is 6. The van der Waals surface area contributed by atoms with Gasteiger partial charge >= 0.3 is 11.9 Å². The van der Waals surface area contributed by atoms with E-state index in [1.807, 2.05) is 0 Å². The Morgan fingerprint density at radius 3 is 1.47 bits per heavy atom. The molecule has 0 aliphatic heterocycles. The van der Waals surface area contributed by atoms with Gasteiger partial charge in [-0.1, -0.05) is 12.1 Å². The zero-order valence-corrected chi connectivity index (χ0v) is 23.5. The van der Waals surface area contributed by atoms with Crippen LogP contribution < -0.4 is 22.2 Å². The summed E-state index contributed by atoms with van der Waals surface area (Å²) in [4.78, 5) is 80.5. The lowest BCUT2D eigenvalue weighted by Crippen LogP contribution is -2.16. The van der Waals surface area contributed by atoms with Gasteiger partial charge in [-0.15, -0.1) is 5.73 Å². The minimum absolute atomic E-state index is 0.0218. The fourth-order valence-electron chi connectivity index (χ4n) is 5.20. The molecule has 0 atom stereocenters. The molecule has 0 fully saturated rings. The van der Waals surface area contributed by atoms with Gasteiger partial charge in [0, 0.05) is 0 Å². The highest BCUT2D eigenvalue weighted by molar-refractivity contribution is 5.89. The van der Waals surface area contributed by atoms with Gasteiger partial charge in [-0.05, 0) is 73.5 Å². The first-order chi connectivity index (χ1) is 21.5. The summed E-state index contributed by atoms with van der Waals surface area (Å²) in [5.41, 5.74) is 2.26. The minimum Gasteiger partial charge on any atom is -0.478 e. The Morgan fingerprint density at radius 2 is 1.09 bits per heavy atom. The molecular formula is C31H22N6O8. The molecule has 224 valence electrons. The first kappa shape index (κ1) is 28.5. The number of pyridine rings is 2. The lowest BCUT2D eigenvalue weighted by Gasteiger charge is -2.02. The molecule has 0 aliphatic carbocycles. The van der Waals surface area contributed by atoms with Crippen LogP contribution in [0.1, 0.15) is 43.0 Å². The van der Waals surface area contributed by atoms with Crippen molar-refractivity contribution < 1.29 is 19.8 Å². The molecule has 0 aliphatic rings. The number of carbonyl (C=O) groups is 2. The summed E-state index contributed by atoms with van der Waals surface area (Å²) in [6.07, 6.45) is 2.62. The number of aromatic amines is 4. The normalized spacial score (nSPS) is 11.1. The standard InChI is InChI=1S/C31H22N6O8/c1-14-20(26(38)32-24-22(14)28(40)36(34-24)18-8-3-6-16(12-18)30(42)43)10-5-11-21-15(2)23-25(33-27(21)39)35-37(29(23)41)19-9-4-7-17(13-19)31(44)45/h3-4,6-13H,1-2H3,(H,42,43)(H,44,45)(H2,32,34,38)(H2,33,35,39). The number of benzene rings is 2. The van der Waals surface area contributed by atoms with Gasteiger partial charge < -0.3 is 20.2 Å². The van der Waals surface area contributed by atoms with Gasteiger partial charge in [-0.2, -0.15) is 0 Å². The van der Waals surface area contributed by atoms with Crippen molar-refractivity contribution in [2.45, 2.75) is 13.8 Å². The van der Waals surface area contributed by atoms with Crippen molar-refractivity contribution in [3.63, 3.8) is 0 Å². The predicted octanol–water partition coefficient (Wildman–Crippen LogP) is 2.67. The van der Waals surface area contributed by atoms with Gasteiger partial charge in [-0.25, -0.2) is 19.0 Å². The smallest absolute Gasteiger partial charge is 0.335 e. The summed E-state index contributed by atoms with van der Waals surface area (Å²) in [5.74, 6) is -2.32. The van der Waals surface area contributed by atoms with Gasteiger partial charge in [0.25, 0.3) is 22.2 Å². The van der Waals surface area contributed by atoms with Crippen LogP contribution in [0.15, 0.2) is 73.4 Å². The molecule has 0 spiro atoms. The Hall–Kier alpha value is -6.66. The van der Waals surface area contributed by atoms with E-state index in [0.29, 0.717) is 11.1 Å². The lowest BCUT2D eigenvalue weighted by atomic mass is 10.1. The summed E-state index contributed by atoms with van der Waals surface area (Å²) < 4.78 is 2.26. The second-order valence-corrected chi connectivity index (χ2v) is 10.2. The van der Waals surface area contributed by atoms with Crippen LogP contribution in [0.3, 0.4) is 0 Å². The molecule has 2 aromatic carbocycles. The SMILES string of the molecule is Cc1c(C=C=Cc2c(C)c3c(=O)n(-c4cccc(C(=O)O)c4)[nH]c3[nH]c2=O)c(=O)[nH]c2[nH]n(-c3cccc(C(=O)O)c3)c(=O)c12. The van der Waals surface area contributed by atoms with E-state index in [9.17, 15) is 39.0 Å². The van der Waals surface area contributed by atoms with Crippen LogP contribution in [0.5, 0.6) is 0 Å². The fraction of sp³-hybridized carbons (Fsp3) is 0.0645. The largest absolute Gasteiger partial charge is 0.478 e. The molecule has 45 heavy (non-hydrogen) atoms. The Labute approximate surface area is 249 Å². The van der Waals surface area contributed by atoms with E-state index in [0.717, 1.165) is 9.36 Å². The number of aromatic carboxylic acids is 2. The minimum atomic E-state index is -1.16. The highest BCUT2D eigenvalue weighted by atomic mass is 16.4. The highest BCUT2D eigenvalue weighted by Crippen LogP contribution is 2.18. The van der Waals surface area contributed by atoms with Crippen molar-refractivity contribution in [3.8, 4) is 11.4 Å². The van der Waals surface area contributed by atoms with E-state index in [2.05, 4.69) is 25.9 Å². The first-order valence-corrected chi connectivity index (χ1v) is 13.3. The van der Waals surface area contributed by atoms with Crippen molar-refractivity contribution in [1.29, 1.82) is 0 Å². The number of fused-ring (bicyclic) bond motifs is 2. The quantitative estimate of drug-likeness (QED) is 0.155. The van der Waals surface area contributed by atoms with E-state index in [1.54, 1.807) is 26.0 Å². The van der Waals surface area contributed by atoms with Gasteiger partial charge in [0.05, 0.1) is 44.4 Å². The molecule has 0 radical (unpaired) electrons. The van der Waals surface area contributed by atoms with Crippen LogP contribution in [-0.4, -0.2) is 51.7 Å². The summed E-state index contributed by atoms with van der Waals surface area (Å²) in [5, 5.41) is 24.5. The molecular weight excluding hydrogens is 584 g/mol. The maximum absolute atomic E-state index is 13.3. The fourth-order valence-corrected chi connectivity index (χ4v) is 5.20. The molecule has 14 nitrogen and oxygen atoms in total. The zero-order valence-electron chi connectivity index (χ0n) is 23.5. The molecule has 14 heteroatoms. The molecule has 0 bridgehead atoms. The maximum Gasteiger partial charge on any atom is 0.335 e. The van der Waals surface area contributed by atoms with E-state index in [1.165, 1.54) is 48.6 Å². The number of hydrogen-bond acceptors (Lipinski definition) is 6. The van der Waals surface area contributed by atoms with Gasteiger partial charge in [-0.3, -0.25) is 29.4 Å². The highest BCUT2D eigenvalue weighted by Gasteiger charge is 2.18. The Morgan fingerprint density at radius 1 is 0.689 bits per heavy atom. The third-order valence-corrected chi connectivity index (χ3v) is 7.46. The predicted molar refractivity (Wildman–Crippen MR) is 165 cm³/mol. The molecule has 4 aromatic heterocycles. The monoisotopic (exact) mass is 606 g/mol. The van der Waals surface area contributed by atoms with Crippen LogP contribution in [0.2, 0.25) is 0 Å². The van der Waals surface area contributed by atoms with Crippen molar-refractivity contribution in [1.82, 2.24) is 29.5 Å². The number of aryl methyl sites for hydroxylation is 2. The number of carboxylic acids is 2. The van der Waals surface area contributed by atoms with E-state index in [-0.39, 0.29) is 55.7 Å². The first-order valence-electron chi connectivity index (χ1n) is 13.3. The third kappa shape index (κ3) is 4.73. The van der Waals surface area contributed by atoms with Crippen LogP contribution in [0, 0.1) is 13.8 Å². The average Bonchev–Trinajstić information content (AvgIpc) is 3.52. The molecule has 6 N–H and O–H groups in total. The van der Waals surface area contributed by atoms with Crippen LogP contribution in [0.4, 0.5) is 0 Å². The summed E-state index contributed by atoms with van der Waals surface area (Å²) in [6, 6.07) is 11.5. The Bertz CT molecular complexity index is 2370. The Balaban J connectivity index is 1.43. The lowest BCUT2D eigenvalue weighted by molar-refractivity contribution is 0.0686. The van der Waals surface area contributed by atoms with Crippen molar-refractivity contribution in [3.05, 3.63) is 129 Å². The number of nitrogens with one attached hydrogen (secondary N) is 4. The van der Waals surface area contributed by atoms with Crippen LogP contribution in [0.25, 0.3) is 45.6 Å². The molecule has 0 saturated carbocycles. The number of carboxylic acid groups (broad SMARTS) is 2. The molecule has 4 heterocycles. The van der Waals surface area contributed by atoms with E-state index >= 15 is 0 Å². The van der Waals surface area contributed by atoms with Crippen molar-refractivity contribution in [2.24, 2.45) is 0 Å². The van der Waals surface area contributed by atoms with Gasteiger partial charge in [0.2, 0.25) is 0 Å². The summed E-state index contributed by atoms with van der Waals surface area (Å²) >= 11 is 0. The molecule has 0 saturated heterocycles. The average molecular weight is 607 g/mol. The van der Waals surface area contributed by atoms with Gasteiger partial charge in [0.15, 0.2) is 0 Å². The Kier molecular flexibility index (Phi) is 6.68. The summed E-state index contributed by atoms with van der Waals surface area (Å²) in [7, 11) is 0. The van der Waals surface area contributed by atoms with E-state index < -0.39 is 34.2 Å². The molecule has 6 aromatic rings. The molecule has 0 amide bonds. The molecule has 0 unspecified atom stereocenters. The maximum atomic E-state index is 13.3. The zero-order chi connectivity index (χ0) is 32.2. The number of rotatable bonds is 6. The third-order valence-electron chi connectivity index (χ3n) is 7.46. The number of nitrogens with zero attached hydrogens (tertiary/aromatic N) is 2. The second kappa shape index (κ2) is 10.6. The van der Waals surface area contributed by atoms with E-state index in [4.69, 9.17) is 0 Å². The summed E-state index contributed by atoms with van der Waals surface area (Å²) in [6.45, 7) is 3.15. The van der Waals surface area contributed by atoms with Crippen LogP contribution in [-0.2, 0) is 0 Å². The number of hydrogen-bond donors (Lipinski definition) is 6. The number of H-pyrrole nitrogens is 4. The van der Waals surface area contributed by atoms with Crippen molar-refractivity contribution in [2.75, 3.05) is 0 Å². The topological polar surface area (TPSA) is 216 Å².